The lowest BCUT2D eigenvalue weighted by atomic mass is 10.1. The fourth-order valence-corrected chi connectivity index (χ4v) is 1.80. The van der Waals surface area contributed by atoms with Gasteiger partial charge in [0.15, 0.2) is 0 Å². The largest absolute Gasteiger partial charge is 0.507 e. The standard InChI is InChI=1S/C14H10BrNO2/c15-11-5-7-13(17)10(9-11)4-6-14(18)12-3-1-2-8-16-12/h1-9,17H. The summed E-state index contributed by atoms with van der Waals surface area (Å²) in [7, 11) is 0. The van der Waals surface area contributed by atoms with Gasteiger partial charge in [0.25, 0.3) is 0 Å². The number of hydrogen-bond donors (Lipinski definition) is 1. The smallest absolute Gasteiger partial charge is 0.204 e. The number of rotatable bonds is 3. The number of halogens is 1. The van der Waals surface area contributed by atoms with E-state index in [1.165, 1.54) is 6.08 Å². The van der Waals surface area contributed by atoms with Gasteiger partial charge in [-0.25, -0.2) is 0 Å². The number of phenols is 1. The number of carbonyl (C=O) groups is 1. The maximum Gasteiger partial charge on any atom is 0.204 e. The van der Waals surface area contributed by atoms with Gasteiger partial charge < -0.3 is 5.11 Å². The van der Waals surface area contributed by atoms with Crippen molar-refractivity contribution < 1.29 is 9.90 Å². The van der Waals surface area contributed by atoms with E-state index in [1.54, 1.807) is 48.7 Å². The van der Waals surface area contributed by atoms with Crippen molar-refractivity contribution in [1.29, 1.82) is 0 Å². The third-order valence-corrected chi connectivity index (χ3v) is 2.81. The molecule has 0 amide bonds. The third kappa shape index (κ3) is 3.05. The number of nitrogens with zero attached hydrogens (tertiary/aromatic N) is 1. The van der Waals surface area contributed by atoms with Crippen molar-refractivity contribution in [2.45, 2.75) is 0 Å². The van der Waals surface area contributed by atoms with Gasteiger partial charge in [-0.05, 0) is 42.5 Å². The Hall–Kier alpha value is -1.94. The Morgan fingerprint density at radius 3 is 2.83 bits per heavy atom. The number of benzene rings is 1. The minimum Gasteiger partial charge on any atom is -0.507 e. The van der Waals surface area contributed by atoms with Crippen molar-refractivity contribution in [3.05, 3.63) is 64.4 Å². The van der Waals surface area contributed by atoms with Crippen molar-refractivity contribution in [2.75, 3.05) is 0 Å². The lowest BCUT2D eigenvalue weighted by Gasteiger charge is -1.99. The number of hydrogen-bond acceptors (Lipinski definition) is 3. The first-order chi connectivity index (χ1) is 8.66. The molecule has 0 fully saturated rings. The number of allylic oxidation sites excluding steroid dienone is 1. The molecule has 0 unspecified atom stereocenters. The van der Waals surface area contributed by atoms with Crippen molar-refractivity contribution in [3.8, 4) is 5.75 Å². The Morgan fingerprint density at radius 2 is 2.11 bits per heavy atom. The molecule has 0 saturated heterocycles. The molecule has 2 rings (SSSR count). The van der Waals surface area contributed by atoms with Crippen LogP contribution >= 0.6 is 15.9 Å². The van der Waals surface area contributed by atoms with E-state index in [-0.39, 0.29) is 11.5 Å². The highest BCUT2D eigenvalue weighted by atomic mass is 79.9. The van der Waals surface area contributed by atoms with Crippen LogP contribution in [0.4, 0.5) is 0 Å². The minimum atomic E-state index is -0.199. The molecule has 0 saturated carbocycles. The molecule has 0 atom stereocenters. The summed E-state index contributed by atoms with van der Waals surface area (Å²) in [4.78, 5) is 15.7. The van der Waals surface area contributed by atoms with E-state index < -0.39 is 0 Å². The number of carbonyl (C=O) groups excluding carboxylic acids is 1. The van der Waals surface area contributed by atoms with Gasteiger partial charge in [-0.1, -0.05) is 22.0 Å². The van der Waals surface area contributed by atoms with Crippen LogP contribution in [-0.4, -0.2) is 15.9 Å². The summed E-state index contributed by atoms with van der Waals surface area (Å²) in [5.41, 5.74) is 0.955. The molecule has 1 N–H and O–H groups in total. The topological polar surface area (TPSA) is 50.2 Å². The van der Waals surface area contributed by atoms with Crippen molar-refractivity contribution >= 4 is 27.8 Å². The summed E-state index contributed by atoms with van der Waals surface area (Å²) < 4.78 is 0.838. The Balaban J connectivity index is 2.21. The summed E-state index contributed by atoms with van der Waals surface area (Å²) in [5, 5.41) is 9.62. The summed E-state index contributed by atoms with van der Waals surface area (Å²) in [6.45, 7) is 0. The maximum atomic E-state index is 11.8. The molecule has 0 spiro atoms. The Morgan fingerprint density at radius 1 is 1.28 bits per heavy atom. The zero-order valence-corrected chi connectivity index (χ0v) is 11.0. The molecule has 4 heteroatoms. The maximum absolute atomic E-state index is 11.8. The lowest BCUT2D eigenvalue weighted by molar-refractivity contribution is 0.104. The predicted octanol–water partition coefficient (Wildman–Crippen LogP) is 3.45. The molecule has 1 aromatic carbocycles. The van der Waals surface area contributed by atoms with Gasteiger partial charge >= 0.3 is 0 Å². The molecule has 1 aromatic heterocycles. The fourth-order valence-electron chi connectivity index (χ4n) is 1.42. The minimum absolute atomic E-state index is 0.128. The Kier molecular flexibility index (Phi) is 3.89. The van der Waals surface area contributed by atoms with Crippen LogP contribution in [0, 0.1) is 0 Å². The molecule has 18 heavy (non-hydrogen) atoms. The van der Waals surface area contributed by atoms with Crippen LogP contribution in [0.25, 0.3) is 6.08 Å². The van der Waals surface area contributed by atoms with Crippen LogP contribution in [-0.2, 0) is 0 Å². The number of aromatic hydroxyl groups is 1. The number of phenolic OH excluding ortho intramolecular Hbond substituents is 1. The number of aromatic nitrogens is 1. The second-order valence-corrected chi connectivity index (χ2v) is 4.53. The zero-order valence-electron chi connectivity index (χ0n) is 9.38. The molecule has 1 heterocycles. The normalized spacial score (nSPS) is 10.7. The fraction of sp³-hybridized carbons (Fsp3) is 0. The third-order valence-electron chi connectivity index (χ3n) is 2.32. The van der Waals surface area contributed by atoms with Crippen molar-refractivity contribution in [2.24, 2.45) is 0 Å². The molecule has 0 radical (unpaired) electrons. The molecule has 0 bridgehead atoms. The van der Waals surface area contributed by atoms with E-state index in [2.05, 4.69) is 20.9 Å². The number of pyridine rings is 1. The van der Waals surface area contributed by atoms with Crippen LogP contribution in [0.15, 0.2) is 53.1 Å². The number of ketones is 1. The second-order valence-electron chi connectivity index (χ2n) is 3.62. The molecule has 3 nitrogen and oxygen atoms in total. The van der Waals surface area contributed by atoms with E-state index in [1.807, 2.05) is 0 Å². The SMILES string of the molecule is O=C(C=Cc1cc(Br)ccc1O)c1ccccn1. The molecule has 2 aromatic rings. The molecule has 0 aliphatic heterocycles. The monoisotopic (exact) mass is 303 g/mol. The summed E-state index contributed by atoms with van der Waals surface area (Å²) in [6.07, 6.45) is 4.53. The van der Waals surface area contributed by atoms with Gasteiger partial charge in [0.05, 0.1) is 0 Å². The van der Waals surface area contributed by atoms with Crippen LogP contribution in [0.5, 0.6) is 5.75 Å². The molecular formula is C14H10BrNO2. The van der Waals surface area contributed by atoms with Crippen LogP contribution in [0.2, 0.25) is 0 Å². The van der Waals surface area contributed by atoms with Crippen LogP contribution in [0.1, 0.15) is 16.1 Å². The predicted molar refractivity (Wildman–Crippen MR) is 73.4 cm³/mol. The van der Waals surface area contributed by atoms with Gasteiger partial charge in [-0.15, -0.1) is 0 Å². The molecule has 0 aliphatic carbocycles. The Labute approximate surface area is 113 Å². The highest BCUT2D eigenvalue weighted by Crippen LogP contribution is 2.23. The van der Waals surface area contributed by atoms with Crippen molar-refractivity contribution in [1.82, 2.24) is 4.98 Å². The highest BCUT2D eigenvalue weighted by Gasteiger charge is 2.03. The quantitative estimate of drug-likeness (QED) is 0.698. The summed E-state index contributed by atoms with van der Waals surface area (Å²) in [6, 6.07) is 10.2. The molecule has 90 valence electrons. The first kappa shape index (κ1) is 12.5. The second kappa shape index (κ2) is 5.60. The Bertz CT molecular complexity index is 594. The van der Waals surface area contributed by atoms with Gasteiger partial charge in [0.2, 0.25) is 5.78 Å². The highest BCUT2D eigenvalue weighted by molar-refractivity contribution is 9.10. The summed E-state index contributed by atoms with van der Waals surface area (Å²) in [5.74, 6) is -0.0711. The molecular weight excluding hydrogens is 294 g/mol. The molecule has 0 aliphatic rings. The van der Waals surface area contributed by atoms with Gasteiger partial charge in [-0.2, -0.15) is 0 Å². The van der Waals surface area contributed by atoms with E-state index in [0.29, 0.717) is 11.3 Å². The van der Waals surface area contributed by atoms with Crippen LogP contribution < -0.4 is 0 Å². The summed E-state index contributed by atoms with van der Waals surface area (Å²) >= 11 is 3.31. The van der Waals surface area contributed by atoms with Gasteiger partial charge in [0, 0.05) is 16.2 Å². The first-order valence-corrected chi connectivity index (χ1v) is 6.08. The first-order valence-electron chi connectivity index (χ1n) is 5.29. The van der Waals surface area contributed by atoms with Gasteiger partial charge in [0.1, 0.15) is 11.4 Å². The van der Waals surface area contributed by atoms with E-state index >= 15 is 0 Å². The zero-order chi connectivity index (χ0) is 13.0. The van der Waals surface area contributed by atoms with Crippen molar-refractivity contribution in [3.63, 3.8) is 0 Å². The average Bonchev–Trinajstić information content (AvgIpc) is 2.40. The van der Waals surface area contributed by atoms with E-state index in [4.69, 9.17) is 0 Å². The average molecular weight is 304 g/mol. The van der Waals surface area contributed by atoms with Gasteiger partial charge in [-0.3, -0.25) is 9.78 Å². The van der Waals surface area contributed by atoms with Crippen LogP contribution in [0.3, 0.4) is 0 Å². The lowest BCUT2D eigenvalue weighted by Crippen LogP contribution is -1.96. The van der Waals surface area contributed by atoms with E-state index in [0.717, 1.165) is 4.47 Å². The van der Waals surface area contributed by atoms with E-state index in [9.17, 15) is 9.90 Å².